The number of carbonyl (C=O) groups is 1. The monoisotopic (exact) mass is 368 g/mol. The molecular weight excluding hydrogens is 344 g/mol. The Hall–Kier alpha value is -1.05. The Morgan fingerprint density at radius 1 is 1.25 bits per heavy atom. The van der Waals surface area contributed by atoms with Crippen LogP contribution in [0.4, 0.5) is 0 Å². The summed E-state index contributed by atoms with van der Waals surface area (Å²) in [6.45, 7) is 1.71. The summed E-state index contributed by atoms with van der Waals surface area (Å²) in [6.07, 6.45) is 4.51. The van der Waals surface area contributed by atoms with E-state index >= 15 is 0 Å². The van der Waals surface area contributed by atoms with E-state index < -0.39 is 9.84 Å². The predicted molar refractivity (Wildman–Crippen MR) is 97.3 cm³/mol. The Morgan fingerprint density at radius 2 is 2.00 bits per heavy atom. The molecule has 132 valence electrons. The van der Waals surface area contributed by atoms with Gasteiger partial charge in [0.05, 0.1) is 11.5 Å². The van der Waals surface area contributed by atoms with E-state index in [0.717, 1.165) is 37.2 Å². The highest BCUT2D eigenvalue weighted by atomic mass is 32.2. The first kappa shape index (κ1) is 17.8. The van der Waals surface area contributed by atoms with Crippen LogP contribution in [0.25, 0.3) is 0 Å². The molecule has 1 aromatic carbocycles. The van der Waals surface area contributed by atoms with E-state index in [2.05, 4.69) is 10.2 Å². The van der Waals surface area contributed by atoms with Crippen LogP contribution in [-0.4, -0.2) is 62.2 Å². The number of benzene rings is 1. The molecule has 2 heterocycles. The second-order valence-electron chi connectivity index (χ2n) is 6.57. The SMILES string of the molecule is CSc1cccc(C(=O)NC2CCN([C@H]3CCS(=O)(=O)C3)CC2)c1. The summed E-state index contributed by atoms with van der Waals surface area (Å²) in [5.74, 6) is 0.596. The quantitative estimate of drug-likeness (QED) is 0.821. The lowest BCUT2D eigenvalue weighted by Gasteiger charge is -2.35. The minimum atomic E-state index is -2.83. The number of amides is 1. The van der Waals surface area contributed by atoms with Gasteiger partial charge in [0.15, 0.2) is 9.84 Å². The van der Waals surface area contributed by atoms with Crippen molar-refractivity contribution in [2.45, 2.75) is 36.2 Å². The first-order valence-electron chi connectivity index (χ1n) is 8.36. The molecule has 0 spiro atoms. The average Bonchev–Trinajstić information content (AvgIpc) is 2.95. The second kappa shape index (κ2) is 7.45. The fourth-order valence-electron chi connectivity index (χ4n) is 3.51. The summed E-state index contributed by atoms with van der Waals surface area (Å²) in [4.78, 5) is 15.8. The van der Waals surface area contributed by atoms with Gasteiger partial charge < -0.3 is 5.32 Å². The number of nitrogens with zero attached hydrogens (tertiary/aromatic N) is 1. The molecule has 0 unspecified atom stereocenters. The second-order valence-corrected chi connectivity index (χ2v) is 9.68. The zero-order chi connectivity index (χ0) is 17.2. The standard InChI is InChI=1S/C17H24N2O3S2/c1-23-16-4-2-3-13(11-16)17(20)18-14-5-8-19(9-6-14)15-7-10-24(21,22)12-15/h2-4,11,14-15H,5-10,12H2,1H3,(H,18,20)/t15-/m0/s1. The van der Waals surface area contributed by atoms with Gasteiger partial charge in [-0.2, -0.15) is 0 Å². The van der Waals surface area contributed by atoms with E-state index in [-0.39, 0.29) is 18.0 Å². The third-order valence-electron chi connectivity index (χ3n) is 4.92. The van der Waals surface area contributed by atoms with Gasteiger partial charge >= 0.3 is 0 Å². The van der Waals surface area contributed by atoms with Crippen LogP contribution in [0.5, 0.6) is 0 Å². The minimum absolute atomic E-state index is 0.0206. The van der Waals surface area contributed by atoms with E-state index in [1.165, 1.54) is 0 Å². The van der Waals surface area contributed by atoms with Gasteiger partial charge in [0, 0.05) is 35.6 Å². The molecule has 7 heteroatoms. The highest BCUT2D eigenvalue weighted by Crippen LogP contribution is 2.22. The average molecular weight is 369 g/mol. The molecule has 0 aromatic heterocycles. The summed E-state index contributed by atoms with van der Waals surface area (Å²) >= 11 is 1.62. The van der Waals surface area contributed by atoms with Crippen LogP contribution in [0.2, 0.25) is 0 Å². The maximum Gasteiger partial charge on any atom is 0.251 e. The molecule has 0 aliphatic carbocycles. The molecule has 2 saturated heterocycles. The zero-order valence-electron chi connectivity index (χ0n) is 13.9. The van der Waals surface area contributed by atoms with Crippen molar-refractivity contribution in [1.29, 1.82) is 0 Å². The molecule has 2 aliphatic rings. The van der Waals surface area contributed by atoms with Crippen molar-refractivity contribution < 1.29 is 13.2 Å². The molecule has 0 bridgehead atoms. The van der Waals surface area contributed by atoms with Crippen molar-refractivity contribution in [2.24, 2.45) is 0 Å². The van der Waals surface area contributed by atoms with Crippen LogP contribution in [-0.2, 0) is 9.84 Å². The van der Waals surface area contributed by atoms with Crippen molar-refractivity contribution in [1.82, 2.24) is 10.2 Å². The van der Waals surface area contributed by atoms with E-state index in [0.29, 0.717) is 17.1 Å². The smallest absolute Gasteiger partial charge is 0.251 e. The topological polar surface area (TPSA) is 66.5 Å². The molecule has 0 saturated carbocycles. The van der Waals surface area contributed by atoms with Gasteiger partial charge in [-0.3, -0.25) is 9.69 Å². The van der Waals surface area contributed by atoms with Crippen LogP contribution in [0.1, 0.15) is 29.6 Å². The number of carbonyl (C=O) groups excluding carboxylic acids is 1. The van der Waals surface area contributed by atoms with E-state index in [1.807, 2.05) is 30.5 Å². The molecule has 1 aromatic rings. The van der Waals surface area contributed by atoms with Crippen molar-refractivity contribution >= 4 is 27.5 Å². The van der Waals surface area contributed by atoms with Gasteiger partial charge in [-0.25, -0.2) is 8.42 Å². The Bertz CT molecular complexity index is 698. The Balaban J connectivity index is 1.51. The fraction of sp³-hybridized carbons (Fsp3) is 0.588. The molecule has 1 atom stereocenters. The Labute approximate surface area is 148 Å². The molecule has 24 heavy (non-hydrogen) atoms. The number of likely N-dealkylation sites (tertiary alicyclic amines) is 1. The molecular formula is C17H24N2O3S2. The number of piperidine rings is 1. The van der Waals surface area contributed by atoms with E-state index in [4.69, 9.17) is 0 Å². The van der Waals surface area contributed by atoms with Gasteiger partial charge in [0.2, 0.25) is 0 Å². The lowest BCUT2D eigenvalue weighted by molar-refractivity contribution is 0.0897. The molecule has 2 aliphatic heterocycles. The van der Waals surface area contributed by atoms with Crippen LogP contribution in [0, 0.1) is 0 Å². The van der Waals surface area contributed by atoms with E-state index in [9.17, 15) is 13.2 Å². The molecule has 2 fully saturated rings. The van der Waals surface area contributed by atoms with Crippen molar-refractivity contribution in [3.63, 3.8) is 0 Å². The normalized spacial score (nSPS) is 24.8. The van der Waals surface area contributed by atoms with Gasteiger partial charge in [-0.05, 0) is 43.7 Å². The summed E-state index contributed by atoms with van der Waals surface area (Å²) < 4.78 is 23.2. The number of hydrogen-bond donors (Lipinski definition) is 1. The van der Waals surface area contributed by atoms with Crippen LogP contribution < -0.4 is 5.32 Å². The summed E-state index contributed by atoms with van der Waals surface area (Å²) in [6, 6.07) is 8.00. The van der Waals surface area contributed by atoms with E-state index in [1.54, 1.807) is 11.8 Å². The van der Waals surface area contributed by atoms with Crippen molar-refractivity contribution in [3.8, 4) is 0 Å². The predicted octanol–water partition coefficient (Wildman–Crippen LogP) is 1.79. The van der Waals surface area contributed by atoms with Gasteiger partial charge in [-0.15, -0.1) is 11.8 Å². The Morgan fingerprint density at radius 3 is 2.62 bits per heavy atom. The molecule has 3 rings (SSSR count). The highest BCUT2D eigenvalue weighted by molar-refractivity contribution is 7.98. The lowest BCUT2D eigenvalue weighted by atomic mass is 10.0. The summed E-state index contributed by atoms with van der Waals surface area (Å²) in [5.41, 5.74) is 0.700. The molecule has 1 amide bonds. The van der Waals surface area contributed by atoms with Crippen molar-refractivity contribution in [2.75, 3.05) is 30.9 Å². The molecule has 1 N–H and O–H groups in total. The number of thioether (sulfide) groups is 1. The van der Waals surface area contributed by atoms with Gasteiger partial charge in [0.1, 0.15) is 0 Å². The molecule has 5 nitrogen and oxygen atoms in total. The first-order chi connectivity index (χ1) is 11.5. The maximum absolute atomic E-state index is 12.4. The van der Waals surface area contributed by atoms with Gasteiger partial charge in [-0.1, -0.05) is 6.07 Å². The van der Waals surface area contributed by atoms with Gasteiger partial charge in [0.25, 0.3) is 5.91 Å². The number of hydrogen-bond acceptors (Lipinski definition) is 5. The highest BCUT2D eigenvalue weighted by Gasteiger charge is 2.34. The third kappa shape index (κ3) is 4.32. The third-order valence-corrected chi connectivity index (χ3v) is 7.40. The van der Waals surface area contributed by atoms with Crippen molar-refractivity contribution in [3.05, 3.63) is 29.8 Å². The fourth-order valence-corrected chi connectivity index (χ4v) is 5.73. The first-order valence-corrected chi connectivity index (χ1v) is 11.4. The summed E-state index contributed by atoms with van der Waals surface area (Å²) in [5, 5.41) is 3.12. The largest absolute Gasteiger partial charge is 0.349 e. The molecule has 0 radical (unpaired) electrons. The maximum atomic E-state index is 12.4. The Kier molecular flexibility index (Phi) is 5.52. The van der Waals surface area contributed by atoms with Crippen LogP contribution in [0.3, 0.4) is 0 Å². The number of rotatable bonds is 4. The minimum Gasteiger partial charge on any atom is -0.349 e. The number of nitrogens with one attached hydrogen (secondary N) is 1. The van der Waals surface area contributed by atoms with Crippen LogP contribution >= 0.6 is 11.8 Å². The lowest BCUT2D eigenvalue weighted by Crippen LogP contribution is -2.48. The number of sulfone groups is 1. The zero-order valence-corrected chi connectivity index (χ0v) is 15.5. The van der Waals surface area contributed by atoms with Crippen LogP contribution in [0.15, 0.2) is 29.2 Å². The summed E-state index contributed by atoms with van der Waals surface area (Å²) in [7, 11) is -2.83.